The number of rotatable bonds is 6. The molecule has 0 fully saturated rings. The minimum Gasteiger partial charge on any atom is -0.376 e. The summed E-state index contributed by atoms with van der Waals surface area (Å²) < 4.78 is 0. The van der Waals surface area contributed by atoms with Gasteiger partial charge in [-0.15, -0.1) is 0 Å². The van der Waals surface area contributed by atoms with Gasteiger partial charge in [0.15, 0.2) is 0 Å². The van der Waals surface area contributed by atoms with E-state index in [9.17, 15) is 19.7 Å². The molecule has 8 nitrogen and oxygen atoms in total. The molecule has 0 saturated heterocycles. The van der Waals surface area contributed by atoms with Crippen molar-refractivity contribution >= 4 is 34.6 Å². The summed E-state index contributed by atoms with van der Waals surface area (Å²) in [5.74, 6) is -0.448. The molecule has 0 saturated carbocycles. The second kappa shape index (κ2) is 8.51. The Morgan fingerprint density at radius 3 is 2.36 bits per heavy atom. The number of nitrogens with one attached hydrogen (secondary N) is 3. The summed E-state index contributed by atoms with van der Waals surface area (Å²) in [5.41, 5.74) is 1.81. The Morgan fingerprint density at radius 1 is 1.04 bits per heavy atom. The van der Waals surface area contributed by atoms with E-state index < -0.39 is 10.3 Å². The second-order valence-electron chi connectivity index (χ2n) is 7.44. The van der Waals surface area contributed by atoms with Gasteiger partial charge in [0.1, 0.15) is 0 Å². The van der Waals surface area contributed by atoms with Gasteiger partial charge in [-0.25, -0.2) is 0 Å². The van der Waals surface area contributed by atoms with E-state index in [4.69, 9.17) is 0 Å². The molecule has 0 heterocycles. The maximum Gasteiger partial charge on any atom is 0.271 e. The number of hydrogen-bond donors (Lipinski definition) is 3. The van der Waals surface area contributed by atoms with Crippen molar-refractivity contribution in [3.8, 4) is 0 Å². The number of hydrogen-bond acceptors (Lipinski definition) is 5. The predicted octanol–water partition coefficient (Wildman–Crippen LogP) is 3.94. The lowest BCUT2D eigenvalue weighted by atomic mass is 9.95. The van der Waals surface area contributed by atoms with E-state index in [2.05, 4.69) is 16.0 Å². The third-order valence-corrected chi connectivity index (χ3v) is 3.96. The molecular weight excluding hydrogens is 360 g/mol. The molecule has 0 unspecified atom stereocenters. The van der Waals surface area contributed by atoms with Gasteiger partial charge in [-0.1, -0.05) is 32.9 Å². The molecule has 2 amide bonds. The van der Waals surface area contributed by atoms with Crippen LogP contribution in [-0.2, 0) is 9.59 Å². The number of carbonyl (C=O) groups is 2. The Hall–Kier alpha value is -3.42. The number of benzene rings is 2. The molecule has 0 radical (unpaired) electrons. The molecule has 0 spiro atoms. The largest absolute Gasteiger partial charge is 0.376 e. The van der Waals surface area contributed by atoms with Crippen LogP contribution in [0.1, 0.15) is 26.3 Å². The molecule has 2 aromatic carbocycles. The van der Waals surface area contributed by atoms with Gasteiger partial charge in [0.2, 0.25) is 11.8 Å². The lowest BCUT2D eigenvalue weighted by Crippen LogP contribution is -2.27. The Morgan fingerprint density at radius 2 is 1.71 bits per heavy atom. The Labute approximate surface area is 163 Å². The summed E-state index contributed by atoms with van der Waals surface area (Å²) in [7, 11) is 0. The van der Waals surface area contributed by atoms with E-state index in [1.54, 1.807) is 37.3 Å². The van der Waals surface area contributed by atoms with Crippen LogP contribution < -0.4 is 16.0 Å². The molecule has 0 atom stereocenters. The fourth-order valence-corrected chi connectivity index (χ4v) is 2.26. The molecular formula is C20H24N4O4. The van der Waals surface area contributed by atoms with E-state index in [1.807, 2.05) is 20.8 Å². The van der Waals surface area contributed by atoms with E-state index in [-0.39, 0.29) is 24.0 Å². The van der Waals surface area contributed by atoms with Gasteiger partial charge in [-0.3, -0.25) is 19.7 Å². The van der Waals surface area contributed by atoms with Crippen LogP contribution in [0, 0.1) is 22.5 Å². The van der Waals surface area contributed by atoms with E-state index in [1.165, 1.54) is 12.1 Å². The number of anilines is 3. The molecule has 2 aromatic rings. The zero-order valence-corrected chi connectivity index (χ0v) is 16.3. The maximum absolute atomic E-state index is 12.2. The number of amides is 2. The first-order chi connectivity index (χ1) is 13.1. The lowest BCUT2D eigenvalue weighted by molar-refractivity contribution is -0.384. The van der Waals surface area contributed by atoms with Gasteiger partial charge < -0.3 is 16.0 Å². The molecule has 0 aromatic heterocycles. The Balaban J connectivity index is 1.98. The number of non-ortho nitro benzene ring substituents is 1. The highest BCUT2D eigenvalue weighted by Crippen LogP contribution is 2.22. The Kier molecular flexibility index (Phi) is 6.35. The van der Waals surface area contributed by atoms with Gasteiger partial charge in [0.25, 0.3) is 5.69 Å². The molecule has 148 valence electrons. The van der Waals surface area contributed by atoms with Crippen LogP contribution in [0.4, 0.5) is 22.7 Å². The molecule has 0 aliphatic rings. The summed E-state index contributed by atoms with van der Waals surface area (Å²) in [6, 6.07) is 11.3. The number of carbonyl (C=O) groups excluding carboxylic acids is 2. The zero-order valence-electron chi connectivity index (χ0n) is 16.3. The smallest absolute Gasteiger partial charge is 0.271 e. The van der Waals surface area contributed by atoms with E-state index in [0.29, 0.717) is 17.1 Å². The fourth-order valence-electron chi connectivity index (χ4n) is 2.26. The van der Waals surface area contributed by atoms with Crippen LogP contribution >= 0.6 is 0 Å². The first kappa shape index (κ1) is 20.9. The lowest BCUT2D eigenvalue weighted by Gasteiger charge is -2.18. The standard InChI is InChI=1S/C20H24N4O4/c1-13-8-9-16(24(27)28)11-17(13)23-18(25)12-21-14-6-5-7-15(10-14)22-19(26)20(2,3)4/h5-11,21H,12H2,1-4H3,(H,22,26)(H,23,25). The molecule has 0 aliphatic carbocycles. The monoisotopic (exact) mass is 384 g/mol. The quantitative estimate of drug-likeness (QED) is 0.516. The van der Waals surface area contributed by atoms with Crippen LogP contribution in [0.5, 0.6) is 0 Å². The second-order valence-corrected chi connectivity index (χ2v) is 7.44. The zero-order chi connectivity index (χ0) is 20.9. The highest BCUT2D eigenvalue weighted by Gasteiger charge is 2.21. The van der Waals surface area contributed by atoms with Crippen molar-refractivity contribution < 1.29 is 14.5 Å². The molecule has 0 aliphatic heterocycles. The maximum atomic E-state index is 12.2. The van der Waals surface area contributed by atoms with Crippen molar-refractivity contribution in [1.29, 1.82) is 0 Å². The van der Waals surface area contributed by atoms with Gasteiger partial charge in [0, 0.05) is 28.9 Å². The van der Waals surface area contributed by atoms with Crippen molar-refractivity contribution in [2.75, 3.05) is 22.5 Å². The van der Waals surface area contributed by atoms with Crippen molar-refractivity contribution in [3.63, 3.8) is 0 Å². The van der Waals surface area contributed by atoms with Crippen LogP contribution in [-0.4, -0.2) is 23.3 Å². The summed E-state index contributed by atoms with van der Waals surface area (Å²) in [4.78, 5) is 34.7. The summed E-state index contributed by atoms with van der Waals surface area (Å²) in [6.45, 7) is 7.20. The van der Waals surface area contributed by atoms with Gasteiger partial charge >= 0.3 is 0 Å². The van der Waals surface area contributed by atoms with Gasteiger partial charge in [0.05, 0.1) is 17.2 Å². The normalized spacial score (nSPS) is 10.9. The number of aryl methyl sites for hydroxylation is 1. The predicted molar refractivity (Wildman–Crippen MR) is 109 cm³/mol. The topological polar surface area (TPSA) is 113 Å². The SMILES string of the molecule is Cc1ccc([N+](=O)[O-])cc1NC(=O)CNc1cccc(NC(=O)C(C)(C)C)c1. The third kappa shape index (κ3) is 5.80. The van der Waals surface area contributed by atoms with Crippen LogP contribution in [0.2, 0.25) is 0 Å². The molecule has 8 heteroatoms. The molecule has 0 bridgehead atoms. The van der Waals surface area contributed by atoms with Crippen molar-refractivity contribution in [2.45, 2.75) is 27.7 Å². The molecule has 3 N–H and O–H groups in total. The van der Waals surface area contributed by atoms with Gasteiger partial charge in [-0.05, 0) is 30.7 Å². The Bertz CT molecular complexity index is 903. The average molecular weight is 384 g/mol. The number of nitro benzene ring substituents is 1. The summed E-state index contributed by atoms with van der Waals surface area (Å²) in [6.07, 6.45) is 0. The molecule has 28 heavy (non-hydrogen) atoms. The molecule has 2 rings (SSSR count). The van der Waals surface area contributed by atoms with Crippen LogP contribution in [0.25, 0.3) is 0 Å². The van der Waals surface area contributed by atoms with Crippen molar-refractivity contribution in [1.82, 2.24) is 0 Å². The summed E-state index contributed by atoms with van der Waals surface area (Å²) >= 11 is 0. The van der Waals surface area contributed by atoms with Crippen LogP contribution in [0.15, 0.2) is 42.5 Å². The van der Waals surface area contributed by atoms with Crippen molar-refractivity contribution in [3.05, 3.63) is 58.1 Å². The third-order valence-electron chi connectivity index (χ3n) is 3.96. The van der Waals surface area contributed by atoms with Crippen LogP contribution in [0.3, 0.4) is 0 Å². The average Bonchev–Trinajstić information content (AvgIpc) is 2.61. The summed E-state index contributed by atoms with van der Waals surface area (Å²) in [5, 5.41) is 19.4. The number of nitrogens with zero attached hydrogens (tertiary/aromatic N) is 1. The first-order valence-corrected chi connectivity index (χ1v) is 8.76. The highest BCUT2D eigenvalue weighted by molar-refractivity contribution is 5.96. The minimum atomic E-state index is -0.514. The first-order valence-electron chi connectivity index (χ1n) is 8.76. The number of nitro groups is 1. The van der Waals surface area contributed by atoms with E-state index >= 15 is 0 Å². The minimum absolute atomic E-state index is 0.0290. The van der Waals surface area contributed by atoms with Crippen molar-refractivity contribution in [2.24, 2.45) is 5.41 Å². The van der Waals surface area contributed by atoms with Gasteiger partial charge in [-0.2, -0.15) is 0 Å². The fraction of sp³-hybridized carbons (Fsp3) is 0.300. The van der Waals surface area contributed by atoms with E-state index in [0.717, 1.165) is 5.56 Å². The highest BCUT2D eigenvalue weighted by atomic mass is 16.6.